The van der Waals surface area contributed by atoms with Crippen molar-refractivity contribution >= 4 is 17.6 Å². The van der Waals surface area contributed by atoms with Gasteiger partial charge < -0.3 is 24.4 Å². The van der Waals surface area contributed by atoms with Crippen LogP contribution in [0, 0.1) is 11.3 Å². The summed E-state index contributed by atoms with van der Waals surface area (Å²) in [6.45, 7) is 6.32. The van der Waals surface area contributed by atoms with Crippen molar-refractivity contribution in [3.63, 3.8) is 0 Å². The monoisotopic (exact) mass is 490 g/mol. The highest BCUT2D eigenvalue weighted by molar-refractivity contribution is 6.09. The second-order valence-corrected chi connectivity index (χ2v) is 8.64. The number of esters is 1. The van der Waals surface area contributed by atoms with Gasteiger partial charge in [0.25, 0.3) is 5.91 Å². The highest BCUT2D eigenvalue weighted by atomic mass is 16.7. The van der Waals surface area contributed by atoms with E-state index in [-0.39, 0.29) is 17.9 Å². The number of para-hydroxylation sites is 1. The van der Waals surface area contributed by atoms with Gasteiger partial charge in [0.1, 0.15) is 11.6 Å². The predicted molar refractivity (Wildman–Crippen MR) is 133 cm³/mol. The summed E-state index contributed by atoms with van der Waals surface area (Å²) >= 11 is 0. The number of hydrogen-bond acceptors (Lipinski definition) is 8. The average Bonchev–Trinajstić information content (AvgIpc) is 3.36. The molecule has 0 bridgehead atoms. The predicted octanol–water partition coefficient (Wildman–Crippen LogP) is 3.54. The molecule has 9 nitrogen and oxygen atoms in total. The van der Waals surface area contributed by atoms with Gasteiger partial charge in [-0.2, -0.15) is 5.26 Å². The third kappa shape index (κ3) is 6.34. The number of carbonyl (C=O) groups excluding carboxylic acids is 2. The number of fused-ring (bicyclic) bond motifs is 1. The lowest BCUT2D eigenvalue weighted by Gasteiger charge is -2.34. The lowest BCUT2D eigenvalue weighted by atomic mass is 10.1. The fraction of sp³-hybridized carbons (Fsp3) is 0.370. The smallest absolute Gasteiger partial charge is 0.340 e. The van der Waals surface area contributed by atoms with Crippen LogP contribution in [0.15, 0.2) is 54.2 Å². The molecule has 0 aliphatic carbocycles. The molecule has 188 valence electrons. The molecule has 4 rings (SSSR count). The number of piperazine rings is 1. The molecule has 0 radical (unpaired) electrons. The summed E-state index contributed by atoms with van der Waals surface area (Å²) in [5, 5.41) is 12.3. The van der Waals surface area contributed by atoms with Gasteiger partial charge >= 0.3 is 5.97 Å². The Morgan fingerprint density at radius 2 is 1.89 bits per heavy atom. The Balaban J connectivity index is 1.32. The summed E-state index contributed by atoms with van der Waals surface area (Å²) in [4.78, 5) is 29.5. The molecule has 2 aromatic carbocycles. The normalized spacial score (nSPS) is 15.3. The van der Waals surface area contributed by atoms with Crippen LogP contribution in [0.5, 0.6) is 11.5 Å². The minimum Gasteiger partial charge on any atom is -0.462 e. The van der Waals surface area contributed by atoms with Crippen LogP contribution in [0.4, 0.5) is 5.69 Å². The molecule has 2 aliphatic heterocycles. The first kappa shape index (κ1) is 25.1. The number of carbonyl (C=O) groups is 2. The van der Waals surface area contributed by atoms with Gasteiger partial charge in [-0.1, -0.05) is 31.5 Å². The maximum absolute atomic E-state index is 12.8. The van der Waals surface area contributed by atoms with Crippen LogP contribution >= 0.6 is 0 Å². The molecule has 2 aromatic rings. The second-order valence-electron chi connectivity index (χ2n) is 8.64. The van der Waals surface area contributed by atoms with Crippen LogP contribution in [-0.4, -0.2) is 61.3 Å². The summed E-state index contributed by atoms with van der Waals surface area (Å²) in [7, 11) is 0. The van der Waals surface area contributed by atoms with Crippen molar-refractivity contribution in [3.05, 3.63) is 65.4 Å². The van der Waals surface area contributed by atoms with Crippen molar-refractivity contribution in [2.75, 3.05) is 44.9 Å². The number of hydrogen-bond donors (Lipinski definition) is 1. The van der Waals surface area contributed by atoms with E-state index in [9.17, 15) is 14.9 Å². The summed E-state index contributed by atoms with van der Waals surface area (Å²) in [6.07, 6.45) is 3.27. The maximum Gasteiger partial charge on any atom is 0.340 e. The Kier molecular flexibility index (Phi) is 8.42. The SMILES string of the molecule is CCCCOC(=O)c1ccccc1NC(=O)/C(C#N)=C\N1CCN(Cc2ccc3c(c2)OCO3)CC1. The molecule has 0 saturated carbocycles. The number of nitriles is 1. The number of unbranched alkanes of at least 4 members (excludes halogenated alkanes) is 1. The highest BCUT2D eigenvalue weighted by Crippen LogP contribution is 2.32. The summed E-state index contributed by atoms with van der Waals surface area (Å²) < 4.78 is 16.1. The van der Waals surface area contributed by atoms with E-state index in [0.29, 0.717) is 25.4 Å². The van der Waals surface area contributed by atoms with Crippen LogP contribution in [0.25, 0.3) is 0 Å². The number of benzene rings is 2. The van der Waals surface area contributed by atoms with Gasteiger partial charge in [-0.15, -0.1) is 0 Å². The van der Waals surface area contributed by atoms with Gasteiger partial charge in [0, 0.05) is 38.9 Å². The molecule has 0 spiro atoms. The Morgan fingerprint density at radius 3 is 2.67 bits per heavy atom. The first-order valence-electron chi connectivity index (χ1n) is 12.1. The Morgan fingerprint density at radius 1 is 1.11 bits per heavy atom. The van der Waals surface area contributed by atoms with Crippen molar-refractivity contribution in [3.8, 4) is 17.6 Å². The first-order chi connectivity index (χ1) is 17.6. The number of rotatable bonds is 9. The molecule has 0 unspecified atom stereocenters. The van der Waals surface area contributed by atoms with Gasteiger partial charge in [0.2, 0.25) is 6.79 Å². The Bertz CT molecular complexity index is 1160. The minimum absolute atomic E-state index is 0.0200. The largest absolute Gasteiger partial charge is 0.462 e. The van der Waals surface area contributed by atoms with Gasteiger partial charge in [0.05, 0.1) is 17.9 Å². The van der Waals surface area contributed by atoms with E-state index in [2.05, 4.69) is 10.2 Å². The molecule has 36 heavy (non-hydrogen) atoms. The minimum atomic E-state index is -0.561. The van der Waals surface area contributed by atoms with Gasteiger partial charge in [0.15, 0.2) is 11.5 Å². The zero-order chi connectivity index (χ0) is 25.3. The van der Waals surface area contributed by atoms with E-state index in [4.69, 9.17) is 14.2 Å². The molecule has 1 saturated heterocycles. The van der Waals surface area contributed by atoms with Gasteiger partial charge in [-0.25, -0.2) is 4.79 Å². The fourth-order valence-corrected chi connectivity index (χ4v) is 4.02. The molecule has 1 fully saturated rings. The van der Waals surface area contributed by atoms with Crippen molar-refractivity contribution in [1.29, 1.82) is 5.26 Å². The van der Waals surface area contributed by atoms with Crippen molar-refractivity contribution in [2.24, 2.45) is 0 Å². The quantitative estimate of drug-likeness (QED) is 0.246. The average molecular weight is 491 g/mol. The number of nitrogens with one attached hydrogen (secondary N) is 1. The second kappa shape index (κ2) is 12.1. The lowest BCUT2D eigenvalue weighted by molar-refractivity contribution is -0.112. The molecule has 2 aliphatic rings. The summed E-state index contributed by atoms with van der Waals surface area (Å²) in [5.74, 6) is 0.482. The third-order valence-corrected chi connectivity index (χ3v) is 6.05. The molecule has 2 heterocycles. The summed E-state index contributed by atoms with van der Waals surface area (Å²) in [6, 6.07) is 14.6. The molecular weight excluding hydrogens is 460 g/mol. The van der Waals surface area contributed by atoms with E-state index in [1.54, 1.807) is 30.5 Å². The van der Waals surface area contributed by atoms with Crippen LogP contribution in [0.3, 0.4) is 0 Å². The van der Waals surface area contributed by atoms with Crippen LogP contribution in [0.2, 0.25) is 0 Å². The molecule has 9 heteroatoms. The molecular formula is C27H30N4O5. The van der Waals surface area contributed by atoms with Gasteiger partial charge in [-0.05, 0) is 36.2 Å². The molecule has 0 atom stereocenters. The van der Waals surface area contributed by atoms with E-state index < -0.39 is 11.9 Å². The van der Waals surface area contributed by atoms with E-state index in [1.165, 1.54) is 0 Å². The number of nitrogens with zero attached hydrogens (tertiary/aromatic N) is 3. The zero-order valence-corrected chi connectivity index (χ0v) is 20.4. The van der Waals surface area contributed by atoms with Crippen LogP contribution < -0.4 is 14.8 Å². The molecule has 0 aromatic heterocycles. The Hall–Kier alpha value is -4.03. The summed E-state index contributed by atoms with van der Waals surface area (Å²) in [5.41, 5.74) is 1.70. The van der Waals surface area contributed by atoms with Crippen LogP contribution in [-0.2, 0) is 16.1 Å². The highest BCUT2D eigenvalue weighted by Gasteiger charge is 2.21. The lowest BCUT2D eigenvalue weighted by Crippen LogP contribution is -2.43. The third-order valence-electron chi connectivity index (χ3n) is 6.05. The van der Waals surface area contributed by atoms with E-state index in [0.717, 1.165) is 49.5 Å². The number of anilines is 1. The molecule has 1 N–H and O–H groups in total. The van der Waals surface area contributed by atoms with Crippen molar-refractivity contribution in [1.82, 2.24) is 9.80 Å². The fourth-order valence-electron chi connectivity index (χ4n) is 4.02. The van der Waals surface area contributed by atoms with Crippen LogP contribution in [0.1, 0.15) is 35.7 Å². The van der Waals surface area contributed by atoms with Crippen molar-refractivity contribution in [2.45, 2.75) is 26.3 Å². The van der Waals surface area contributed by atoms with E-state index in [1.807, 2.05) is 36.1 Å². The standard InChI is InChI=1S/C27H30N4O5/c1-2-3-14-34-27(33)22-6-4-5-7-23(22)29-26(32)21(16-28)18-31-12-10-30(11-13-31)17-20-8-9-24-25(15-20)36-19-35-24/h4-9,15,18H,2-3,10-14,17,19H2,1H3,(H,29,32)/b21-18-. The number of amides is 1. The van der Waals surface area contributed by atoms with Crippen molar-refractivity contribution < 1.29 is 23.8 Å². The van der Waals surface area contributed by atoms with E-state index >= 15 is 0 Å². The Labute approximate surface area is 210 Å². The maximum atomic E-state index is 12.8. The first-order valence-corrected chi connectivity index (χ1v) is 12.1. The molecule has 1 amide bonds. The van der Waals surface area contributed by atoms with Gasteiger partial charge in [-0.3, -0.25) is 9.69 Å². The topological polar surface area (TPSA) is 104 Å². The zero-order valence-electron chi connectivity index (χ0n) is 20.4. The number of ether oxygens (including phenoxy) is 3.